The zero-order valence-corrected chi connectivity index (χ0v) is 14.2. The molecule has 132 valence electrons. The predicted octanol–water partition coefficient (Wildman–Crippen LogP) is 3.87. The molecule has 3 rings (SSSR count). The first-order valence-electron chi connectivity index (χ1n) is 7.51. The van der Waals surface area contributed by atoms with Gasteiger partial charge in [-0.2, -0.15) is 13.2 Å². The molecule has 1 atom stereocenters. The van der Waals surface area contributed by atoms with Crippen LogP contribution in [0.3, 0.4) is 0 Å². The molecule has 0 unspecified atom stereocenters. The number of pyridine rings is 1. The Morgan fingerprint density at radius 1 is 1.24 bits per heavy atom. The smallest absolute Gasteiger partial charge is 0.422 e. The van der Waals surface area contributed by atoms with Gasteiger partial charge in [-0.3, -0.25) is 9.19 Å². The van der Waals surface area contributed by atoms with Gasteiger partial charge < -0.3 is 4.74 Å². The Labute approximate surface area is 145 Å². The summed E-state index contributed by atoms with van der Waals surface area (Å²) in [6.45, 7) is 0.235. The number of para-hydroxylation sites is 1. The van der Waals surface area contributed by atoms with Gasteiger partial charge in [0.15, 0.2) is 6.61 Å². The van der Waals surface area contributed by atoms with Crippen molar-refractivity contribution in [2.24, 2.45) is 4.99 Å². The van der Waals surface area contributed by atoms with Crippen LogP contribution in [0.5, 0.6) is 5.75 Å². The lowest BCUT2D eigenvalue weighted by Crippen LogP contribution is -2.20. The van der Waals surface area contributed by atoms with Gasteiger partial charge in [0.05, 0.1) is 27.9 Å². The Morgan fingerprint density at radius 3 is 2.72 bits per heavy atom. The average Bonchev–Trinajstić information content (AvgIpc) is 2.99. The third-order valence-electron chi connectivity index (χ3n) is 3.76. The second-order valence-electron chi connectivity index (χ2n) is 5.59. The fraction of sp³-hybridized carbons (Fsp3) is 0.294. The summed E-state index contributed by atoms with van der Waals surface area (Å²) in [5.74, 6) is 0.179. The highest BCUT2D eigenvalue weighted by Gasteiger charge is 2.29. The molecular weight excluding hydrogens is 353 g/mol. The van der Waals surface area contributed by atoms with Crippen LogP contribution in [0.15, 0.2) is 41.5 Å². The molecule has 4 nitrogen and oxygen atoms in total. The Morgan fingerprint density at radius 2 is 2.00 bits per heavy atom. The topological polar surface area (TPSA) is 51.5 Å². The van der Waals surface area contributed by atoms with Gasteiger partial charge in [0.25, 0.3) is 0 Å². The number of fused-ring (bicyclic) bond motifs is 1. The van der Waals surface area contributed by atoms with E-state index >= 15 is 0 Å². The van der Waals surface area contributed by atoms with Crippen molar-refractivity contribution in [3.8, 4) is 5.75 Å². The van der Waals surface area contributed by atoms with E-state index in [4.69, 9.17) is 4.74 Å². The summed E-state index contributed by atoms with van der Waals surface area (Å²) >= 11 is 0. The zero-order chi connectivity index (χ0) is 18.0. The highest BCUT2D eigenvalue weighted by molar-refractivity contribution is 8.00. The molecule has 25 heavy (non-hydrogen) atoms. The van der Waals surface area contributed by atoms with Crippen LogP contribution < -0.4 is 4.74 Å². The normalized spacial score (nSPS) is 14.8. The molecule has 1 aromatic carbocycles. The minimum atomic E-state index is -4.41. The van der Waals surface area contributed by atoms with Crippen LogP contribution >= 0.6 is 0 Å². The standard InChI is InChI=1S/C17H15F3N2O2S/c1-11-14(21-7-6-15(11)24-10-17(18,19)20)9-25(23)16-8-12-4-2-3-5-13(12)22-16/h2-7H,8-10H2,1H3/t25-/m1/s1. The highest BCUT2D eigenvalue weighted by Crippen LogP contribution is 2.28. The van der Waals surface area contributed by atoms with Crippen LogP contribution in [-0.4, -0.2) is 27.0 Å². The first-order valence-corrected chi connectivity index (χ1v) is 8.83. The molecule has 0 saturated heterocycles. The van der Waals surface area contributed by atoms with E-state index in [0.29, 0.717) is 22.7 Å². The lowest BCUT2D eigenvalue weighted by molar-refractivity contribution is -0.153. The summed E-state index contributed by atoms with van der Waals surface area (Å²) in [6.07, 6.45) is -2.55. The van der Waals surface area contributed by atoms with Gasteiger partial charge in [-0.1, -0.05) is 18.2 Å². The molecule has 0 fully saturated rings. The molecule has 0 bridgehead atoms. The summed E-state index contributed by atoms with van der Waals surface area (Å²) in [4.78, 5) is 8.51. The average molecular weight is 368 g/mol. The second kappa shape index (κ2) is 6.95. The van der Waals surface area contributed by atoms with Crippen LogP contribution in [0.2, 0.25) is 0 Å². The van der Waals surface area contributed by atoms with E-state index in [0.717, 1.165) is 11.3 Å². The van der Waals surface area contributed by atoms with Gasteiger partial charge in [-0.05, 0) is 24.6 Å². The fourth-order valence-corrected chi connectivity index (χ4v) is 3.69. The molecule has 0 aliphatic carbocycles. The third kappa shape index (κ3) is 4.25. The monoisotopic (exact) mass is 368 g/mol. The van der Waals surface area contributed by atoms with Crippen LogP contribution in [-0.2, 0) is 23.0 Å². The molecule has 0 radical (unpaired) electrons. The Balaban J connectivity index is 1.72. The van der Waals surface area contributed by atoms with Gasteiger partial charge in [0.2, 0.25) is 0 Å². The van der Waals surface area contributed by atoms with E-state index in [2.05, 4.69) is 9.98 Å². The highest BCUT2D eigenvalue weighted by atomic mass is 32.2. The number of halogens is 3. The summed E-state index contributed by atoms with van der Waals surface area (Å²) < 4.78 is 54.3. The van der Waals surface area contributed by atoms with Crippen molar-refractivity contribution < 1.29 is 22.1 Å². The number of nitrogens with zero attached hydrogens (tertiary/aromatic N) is 2. The summed E-state index contributed by atoms with van der Waals surface area (Å²) in [6, 6.07) is 8.91. The Hall–Kier alpha value is -2.22. The number of hydrogen-bond acceptors (Lipinski definition) is 4. The van der Waals surface area contributed by atoms with Crippen molar-refractivity contribution in [3.63, 3.8) is 0 Å². The quantitative estimate of drug-likeness (QED) is 0.823. The largest absolute Gasteiger partial charge is 0.484 e. The first kappa shape index (κ1) is 17.6. The number of aliphatic imine (C=N–C) groups is 1. The van der Waals surface area contributed by atoms with Crippen LogP contribution in [0.1, 0.15) is 16.8 Å². The van der Waals surface area contributed by atoms with Crippen LogP contribution in [0, 0.1) is 6.92 Å². The molecule has 2 heterocycles. The molecule has 2 aromatic rings. The molecule has 0 N–H and O–H groups in total. The first-order chi connectivity index (χ1) is 11.8. The van der Waals surface area contributed by atoms with Gasteiger partial charge >= 0.3 is 6.18 Å². The summed E-state index contributed by atoms with van der Waals surface area (Å²) in [5.41, 5.74) is 2.71. The molecule has 8 heteroatoms. The van der Waals surface area contributed by atoms with Crippen molar-refractivity contribution in [3.05, 3.63) is 53.3 Å². The Bertz CT molecular complexity index is 850. The minimum absolute atomic E-state index is 0.0852. The summed E-state index contributed by atoms with van der Waals surface area (Å²) in [7, 11) is -1.40. The molecule has 0 spiro atoms. The van der Waals surface area contributed by atoms with Crippen molar-refractivity contribution in [1.29, 1.82) is 0 Å². The summed E-state index contributed by atoms with van der Waals surface area (Å²) in [5, 5.41) is 0.545. The van der Waals surface area contributed by atoms with Gasteiger partial charge in [0, 0.05) is 18.2 Å². The fourth-order valence-electron chi connectivity index (χ4n) is 2.47. The lowest BCUT2D eigenvalue weighted by atomic mass is 10.2. The van der Waals surface area contributed by atoms with Crippen LogP contribution in [0.25, 0.3) is 0 Å². The van der Waals surface area contributed by atoms with Crippen molar-refractivity contribution >= 4 is 21.5 Å². The van der Waals surface area contributed by atoms with Crippen molar-refractivity contribution in [2.75, 3.05) is 6.61 Å². The molecule has 1 aliphatic heterocycles. The van der Waals surface area contributed by atoms with E-state index in [1.165, 1.54) is 12.3 Å². The second-order valence-corrected chi connectivity index (χ2v) is 7.04. The van der Waals surface area contributed by atoms with E-state index < -0.39 is 23.6 Å². The maximum absolute atomic E-state index is 12.6. The molecule has 1 aliphatic rings. The maximum Gasteiger partial charge on any atom is 0.422 e. The van der Waals surface area contributed by atoms with Crippen molar-refractivity contribution in [2.45, 2.75) is 25.3 Å². The maximum atomic E-state index is 12.6. The van der Waals surface area contributed by atoms with E-state index in [9.17, 15) is 17.4 Å². The zero-order valence-electron chi connectivity index (χ0n) is 13.3. The molecular formula is C17H15F3N2O2S. The van der Waals surface area contributed by atoms with Gasteiger partial charge in [0.1, 0.15) is 10.8 Å². The van der Waals surface area contributed by atoms with Gasteiger partial charge in [-0.15, -0.1) is 0 Å². The SMILES string of the molecule is Cc1c(OCC(F)(F)F)ccnc1C[S@@](=O)C1=Nc2ccccc2C1. The van der Waals surface area contributed by atoms with Crippen molar-refractivity contribution in [1.82, 2.24) is 4.98 Å². The lowest BCUT2D eigenvalue weighted by Gasteiger charge is -2.13. The van der Waals surface area contributed by atoms with E-state index in [1.54, 1.807) is 6.92 Å². The van der Waals surface area contributed by atoms with E-state index in [1.807, 2.05) is 24.3 Å². The molecule has 0 saturated carbocycles. The third-order valence-corrected chi connectivity index (χ3v) is 5.06. The Kier molecular flexibility index (Phi) is 4.89. The van der Waals surface area contributed by atoms with Gasteiger partial charge in [-0.25, -0.2) is 4.99 Å². The van der Waals surface area contributed by atoms with Crippen LogP contribution in [0.4, 0.5) is 18.9 Å². The number of aromatic nitrogens is 1. The molecule has 1 aromatic heterocycles. The molecule has 0 amide bonds. The predicted molar refractivity (Wildman–Crippen MR) is 89.6 cm³/mol. The number of ether oxygens (including phenoxy) is 1. The number of alkyl halides is 3. The number of rotatable bonds is 4. The minimum Gasteiger partial charge on any atom is -0.484 e. The van der Waals surface area contributed by atoms with E-state index in [-0.39, 0.29) is 11.5 Å². The number of benzene rings is 1. The number of hydrogen-bond donors (Lipinski definition) is 0.